The fraction of sp³-hybridized carbons (Fsp3) is 0.250. The van der Waals surface area contributed by atoms with Gasteiger partial charge in [0.05, 0.1) is 5.69 Å². The van der Waals surface area contributed by atoms with Gasteiger partial charge in [-0.1, -0.05) is 46.3 Å². The zero-order valence-corrected chi connectivity index (χ0v) is 16.6. The second-order valence-electron chi connectivity index (χ2n) is 6.24. The van der Waals surface area contributed by atoms with E-state index in [2.05, 4.69) is 33.2 Å². The molecule has 6 heteroatoms. The maximum absolute atomic E-state index is 12.4. The van der Waals surface area contributed by atoms with Crippen LogP contribution in [0, 0.1) is 0 Å². The Balaban J connectivity index is 1.71. The SMILES string of the molecule is CC1C=C(NC(=O)O[C@H](C)c2ccccc2)N(c2ccc(Br)cc2)N1C. The highest BCUT2D eigenvalue weighted by molar-refractivity contribution is 9.10. The van der Waals surface area contributed by atoms with Crippen LogP contribution in [0.3, 0.4) is 0 Å². The second-order valence-corrected chi connectivity index (χ2v) is 7.15. The van der Waals surface area contributed by atoms with Gasteiger partial charge in [-0.25, -0.2) is 9.80 Å². The fourth-order valence-corrected chi connectivity index (χ4v) is 3.11. The lowest BCUT2D eigenvalue weighted by atomic mass is 10.1. The molecule has 2 aromatic rings. The average Bonchev–Trinajstić information content (AvgIpc) is 2.90. The van der Waals surface area contributed by atoms with Crippen molar-refractivity contribution in [1.29, 1.82) is 0 Å². The number of alkyl carbamates (subject to hydrolysis) is 1. The molecule has 1 aliphatic rings. The summed E-state index contributed by atoms with van der Waals surface area (Å²) < 4.78 is 6.53. The first kappa shape index (κ1) is 18.5. The predicted octanol–water partition coefficient (Wildman–Crippen LogP) is 4.83. The van der Waals surface area contributed by atoms with E-state index in [1.54, 1.807) is 0 Å². The molecule has 0 bridgehead atoms. The van der Waals surface area contributed by atoms with Crippen LogP contribution < -0.4 is 10.3 Å². The number of carbonyl (C=O) groups excluding carboxylic acids is 1. The van der Waals surface area contributed by atoms with Crippen LogP contribution in [0.4, 0.5) is 10.5 Å². The molecule has 1 N–H and O–H groups in total. The van der Waals surface area contributed by atoms with Crippen LogP contribution in [-0.2, 0) is 4.74 Å². The third-order valence-corrected chi connectivity index (χ3v) is 4.91. The van der Waals surface area contributed by atoms with Crippen LogP contribution in [-0.4, -0.2) is 24.2 Å². The maximum atomic E-state index is 12.4. The average molecular weight is 416 g/mol. The number of hydrogen-bond acceptors (Lipinski definition) is 4. The summed E-state index contributed by atoms with van der Waals surface area (Å²) in [5.74, 6) is 0.688. The van der Waals surface area contributed by atoms with Crippen molar-refractivity contribution in [3.05, 3.63) is 76.5 Å². The van der Waals surface area contributed by atoms with E-state index < -0.39 is 6.09 Å². The van der Waals surface area contributed by atoms with E-state index in [4.69, 9.17) is 4.74 Å². The van der Waals surface area contributed by atoms with Crippen LogP contribution in [0.5, 0.6) is 0 Å². The third-order valence-electron chi connectivity index (χ3n) is 4.39. The van der Waals surface area contributed by atoms with Crippen molar-refractivity contribution >= 4 is 27.7 Å². The Morgan fingerprint density at radius 1 is 1.15 bits per heavy atom. The molecule has 0 fully saturated rings. The Kier molecular flexibility index (Phi) is 5.64. The van der Waals surface area contributed by atoms with Gasteiger partial charge in [0.1, 0.15) is 11.9 Å². The molecule has 1 unspecified atom stereocenters. The van der Waals surface area contributed by atoms with E-state index in [-0.39, 0.29) is 12.1 Å². The van der Waals surface area contributed by atoms with E-state index >= 15 is 0 Å². The van der Waals surface area contributed by atoms with Gasteiger partial charge in [-0.05, 0) is 49.8 Å². The van der Waals surface area contributed by atoms with Crippen molar-refractivity contribution in [3.8, 4) is 0 Å². The number of nitrogens with one attached hydrogen (secondary N) is 1. The Bertz CT molecular complexity index is 792. The summed E-state index contributed by atoms with van der Waals surface area (Å²) in [7, 11) is 1.98. The number of hydrazine groups is 1. The highest BCUT2D eigenvalue weighted by atomic mass is 79.9. The molecule has 2 atom stereocenters. The van der Waals surface area contributed by atoms with Gasteiger partial charge in [0.25, 0.3) is 0 Å². The van der Waals surface area contributed by atoms with Crippen molar-refractivity contribution in [1.82, 2.24) is 10.3 Å². The van der Waals surface area contributed by atoms with Crippen molar-refractivity contribution in [2.45, 2.75) is 26.0 Å². The van der Waals surface area contributed by atoms with Gasteiger partial charge in [-0.3, -0.25) is 10.3 Å². The van der Waals surface area contributed by atoms with Crippen LogP contribution in [0.15, 0.2) is 71.0 Å². The zero-order valence-electron chi connectivity index (χ0n) is 15.0. The Hall–Kier alpha value is -2.31. The van der Waals surface area contributed by atoms with Crippen molar-refractivity contribution < 1.29 is 9.53 Å². The van der Waals surface area contributed by atoms with Gasteiger partial charge in [0, 0.05) is 17.6 Å². The molecule has 0 saturated carbocycles. The molecule has 5 nitrogen and oxygen atoms in total. The zero-order chi connectivity index (χ0) is 18.7. The van der Waals surface area contributed by atoms with Crippen LogP contribution in [0.25, 0.3) is 0 Å². The molecule has 1 amide bonds. The lowest BCUT2D eigenvalue weighted by Gasteiger charge is -2.31. The monoisotopic (exact) mass is 415 g/mol. The minimum atomic E-state index is -0.475. The van der Waals surface area contributed by atoms with Gasteiger partial charge >= 0.3 is 6.09 Å². The molecule has 0 radical (unpaired) electrons. The molecule has 3 rings (SSSR count). The predicted molar refractivity (Wildman–Crippen MR) is 106 cm³/mol. The van der Waals surface area contributed by atoms with E-state index in [1.807, 2.05) is 79.7 Å². The standard InChI is InChI=1S/C20H22BrN3O2/c1-14-13-19(24(23(14)3)18-11-9-17(21)10-12-18)22-20(25)26-15(2)16-7-5-4-6-8-16/h4-15H,1-3H3,(H,22,25)/t14?,15-/m1/s1. The van der Waals surface area contributed by atoms with Crippen molar-refractivity contribution in [3.63, 3.8) is 0 Å². The van der Waals surface area contributed by atoms with Crippen LogP contribution >= 0.6 is 15.9 Å². The number of ether oxygens (including phenoxy) is 1. The fourth-order valence-electron chi connectivity index (χ4n) is 2.84. The Labute approximate surface area is 162 Å². The van der Waals surface area contributed by atoms with E-state index in [9.17, 15) is 4.79 Å². The number of amides is 1. The molecule has 0 spiro atoms. The highest BCUT2D eigenvalue weighted by Gasteiger charge is 2.29. The molecule has 0 aliphatic carbocycles. The number of likely N-dealkylation sites (N-methyl/N-ethyl adjacent to an activating group) is 1. The first-order chi connectivity index (χ1) is 12.5. The number of nitrogens with zero attached hydrogens (tertiary/aromatic N) is 2. The van der Waals surface area contributed by atoms with Gasteiger partial charge in [-0.15, -0.1) is 0 Å². The van der Waals surface area contributed by atoms with Gasteiger partial charge in [0.2, 0.25) is 0 Å². The van der Waals surface area contributed by atoms with E-state index in [1.165, 1.54) is 0 Å². The molecule has 1 heterocycles. The minimum Gasteiger partial charge on any atom is -0.441 e. The third kappa shape index (κ3) is 4.08. The molecule has 2 aromatic carbocycles. The highest BCUT2D eigenvalue weighted by Crippen LogP contribution is 2.28. The normalized spacial score (nSPS) is 18.4. The van der Waals surface area contributed by atoms with E-state index in [0.29, 0.717) is 5.82 Å². The number of anilines is 1. The molecular formula is C20H22BrN3O2. The van der Waals surface area contributed by atoms with E-state index in [0.717, 1.165) is 15.7 Å². The summed E-state index contributed by atoms with van der Waals surface area (Å²) >= 11 is 3.45. The van der Waals surface area contributed by atoms with Crippen LogP contribution in [0.1, 0.15) is 25.5 Å². The smallest absolute Gasteiger partial charge is 0.413 e. The number of carbonyl (C=O) groups is 1. The topological polar surface area (TPSA) is 44.8 Å². The summed E-state index contributed by atoms with van der Waals surface area (Å²) in [5.41, 5.74) is 1.92. The number of hydrogen-bond donors (Lipinski definition) is 1. The number of rotatable bonds is 4. The molecule has 136 valence electrons. The lowest BCUT2D eigenvalue weighted by Crippen LogP contribution is -2.42. The Morgan fingerprint density at radius 2 is 1.81 bits per heavy atom. The largest absolute Gasteiger partial charge is 0.441 e. The number of halogens is 1. The summed E-state index contributed by atoms with van der Waals surface area (Å²) in [6.45, 7) is 3.93. The minimum absolute atomic E-state index is 0.153. The van der Waals surface area contributed by atoms with Crippen LogP contribution in [0.2, 0.25) is 0 Å². The second kappa shape index (κ2) is 7.93. The van der Waals surface area contributed by atoms with Gasteiger partial charge in [-0.2, -0.15) is 0 Å². The molecule has 0 aromatic heterocycles. The molecule has 26 heavy (non-hydrogen) atoms. The molecular weight excluding hydrogens is 394 g/mol. The number of benzene rings is 2. The van der Waals surface area contributed by atoms with Gasteiger partial charge in [0.15, 0.2) is 0 Å². The summed E-state index contributed by atoms with van der Waals surface area (Å²) in [4.78, 5) is 12.4. The van der Waals surface area contributed by atoms with Crippen molar-refractivity contribution in [2.24, 2.45) is 0 Å². The lowest BCUT2D eigenvalue weighted by molar-refractivity contribution is 0.109. The molecule has 1 aliphatic heterocycles. The van der Waals surface area contributed by atoms with Crippen molar-refractivity contribution in [2.75, 3.05) is 12.1 Å². The summed E-state index contributed by atoms with van der Waals surface area (Å²) in [5, 5.41) is 6.89. The summed E-state index contributed by atoms with van der Waals surface area (Å²) in [6.07, 6.45) is 1.20. The first-order valence-electron chi connectivity index (χ1n) is 8.48. The molecule has 0 saturated heterocycles. The maximum Gasteiger partial charge on any atom is 0.413 e. The quantitative estimate of drug-likeness (QED) is 0.776. The summed E-state index contributed by atoms with van der Waals surface area (Å²) in [6, 6.07) is 17.8. The van der Waals surface area contributed by atoms with Gasteiger partial charge < -0.3 is 4.74 Å². The Morgan fingerprint density at radius 3 is 2.46 bits per heavy atom. The first-order valence-corrected chi connectivity index (χ1v) is 9.28.